The molecule has 1 heterocycles. The Bertz CT molecular complexity index is 1040. The highest BCUT2D eigenvalue weighted by atomic mass is 16.5. The lowest BCUT2D eigenvalue weighted by molar-refractivity contribution is -0.135. The molecule has 0 bridgehead atoms. The Hall–Kier alpha value is -3.35. The predicted octanol–water partition coefficient (Wildman–Crippen LogP) is 3.53. The normalized spacial score (nSPS) is 10.9. The number of rotatable bonds is 9. The van der Waals surface area contributed by atoms with Crippen molar-refractivity contribution < 1.29 is 14.3 Å². The van der Waals surface area contributed by atoms with Crippen LogP contribution in [0.1, 0.15) is 33.0 Å². The van der Waals surface area contributed by atoms with Crippen LogP contribution in [-0.4, -0.2) is 40.0 Å². The van der Waals surface area contributed by atoms with E-state index in [0.29, 0.717) is 29.1 Å². The zero-order valence-corrected chi connectivity index (χ0v) is 17.6. The number of H-pyrrole nitrogens is 1. The van der Waals surface area contributed by atoms with Crippen molar-refractivity contribution in [3.05, 3.63) is 64.7 Å². The Labute approximate surface area is 175 Å². The third kappa shape index (κ3) is 5.37. The summed E-state index contributed by atoms with van der Waals surface area (Å²) in [6.45, 7) is 6.63. The number of para-hydroxylation sites is 1. The number of hydrogen-bond acceptors (Lipinski definition) is 5. The topological polar surface area (TPSA) is 84.5 Å². The van der Waals surface area contributed by atoms with E-state index in [1.54, 1.807) is 35.2 Å². The lowest BCUT2D eigenvalue weighted by Crippen LogP contribution is -2.40. The van der Waals surface area contributed by atoms with Gasteiger partial charge in [0.15, 0.2) is 6.61 Å². The molecule has 158 valence electrons. The molecular weight excluding hydrogens is 382 g/mol. The second-order valence-corrected chi connectivity index (χ2v) is 7.25. The number of aromatic nitrogens is 2. The van der Waals surface area contributed by atoms with Gasteiger partial charge < -0.3 is 19.4 Å². The Kier molecular flexibility index (Phi) is 7.06. The summed E-state index contributed by atoms with van der Waals surface area (Å²) < 4.78 is 11.2. The van der Waals surface area contributed by atoms with Gasteiger partial charge in [-0.15, -0.1) is 0 Å². The minimum atomic E-state index is -0.214. The van der Waals surface area contributed by atoms with Crippen LogP contribution in [-0.2, 0) is 11.3 Å². The molecule has 0 fully saturated rings. The van der Waals surface area contributed by atoms with Crippen molar-refractivity contribution in [2.75, 3.05) is 13.2 Å². The number of benzene rings is 2. The molecule has 0 aliphatic heterocycles. The van der Waals surface area contributed by atoms with Crippen molar-refractivity contribution in [1.82, 2.24) is 14.9 Å². The molecule has 0 unspecified atom stereocenters. The third-order valence-corrected chi connectivity index (χ3v) is 4.58. The first-order valence-electron chi connectivity index (χ1n) is 10.1. The average molecular weight is 409 g/mol. The van der Waals surface area contributed by atoms with Crippen LogP contribution in [0.25, 0.3) is 10.9 Å². The molecule has 0 aliphatic carbocycles. The van der Waals surface area contributed by atoms with Gasteiger partial charge in [0.2, 0.25) is 0 Å². The number of aromatic amines is 1. The van der Waals surface area contributed by atoms with Crippen LogP contribution >= 0.6 is 0 Å². The number of nitrogens with one attached hydrogen (secondary N) is 1. The largest absolute Gasteiger partial charge is 0.494 e. The van der Waals surface area contributed by atoms with E-state index in [4.69, 9.17) is 9.47 Å². The van der Waals surface area contributed by atoms with Crippen LogP contribution in [0.3, 0.4) is 0 Å². The van der Waals surface area contributed by atoms with E-state index in [1.165, 1.54) is 0 Å². The Morgan fingerprint density at radius 2 is 1.73 bits per heavy atom. The molecule has 3 rings (SSSR count). The summed E-state index contributed by atoms with van der Waals surface area (Å²) in [4.78, 5) is 34.0. The standard InChI is InChI=1S/C23H27N3O4/c1-4-13-29-17-9-11-18(12-10-17)30-15-22(27)26(16(2)3)14-21-24-20-8-6-5-7-19(20)23(28)25-21/h5-12,16H,4,13-15H2,1-3H3,(H,24,25,28). The van der Waals surface area contributed by atoms with Crippen LogP contribution in [0, 0.1) is 0 Å². The van der Waals surface area contributed by atoms with E-state index in [1.807, 2.05) is 39.0 Å². The molecule has 0 aliphatic rings. The van der Waals surface area contributed by atoms with Gasteiger partial charge in [0.1, 0.15) is 17.3 Å². The van der Waals surface area contributed by atoms with Gasteiger partial charge in [-0.1, -0.05) is 19.1 Å². The molecule has 1 amide bonds. The third-order valence-electron chi connectivity index (χ3n) is 4.58. The second kappa shape index (κ2) is 9.91. The van der Waals surface area contributed by atoms with Gasteiger partial charge in [0, 0.05) is 6.04 Å². The number of nitrogens with zero attached hydrogens (tertiary/aromatic N) is 2. The molecule has 30 heavy (non-hydrogen) atoms. The molecule has 0 radical (unpaired) electrons. The molecule has 3 aromatic rings. The van der Waals surface area contributed by atoms with Crippen molar-refractivity contribution in [3.8, 4) is 11.5 Å². The fourth-order valence-corrected chi connectivity index (χ4v) is 3.01. The first kappa shape index (κ1) is 21.4. The molecule has 1 aromatic heterocycles. The zero-order chi connectivity index (χ0) is 21.5. The van der Waals surface area contributed by atoms with E-state index >= 15 is 0 Å². The van der Waals surface area contributed by atoms with Gasteiger partial charge in [-0.2, -0.15) is 0 Å². The SMILES string of the molecule is CCCOc1ccc(OCC(=O)N(Cc2nc3ccccc3c(=O)[nH]2)C(C)C)cc1. The van der Waals surface area contributed by atoms with Crippen LogP contribution in [0.15, 0.2) is 53.3 Å². The molecular formula is C23H27N3O4. The number of amides is 1. The monoisotopic (exact) mass is 409 g/mol. The van der Waals surface area contributed by atoms with Crippen LogP contribution < -0.4 is 15.0 Å². The number of ether oxygens (including phenoxy) is 2. The highest BCUT2D eigenvalue weighted by molar-refractivity contribution is 5.79. The average Bonchev–Trinajstić information content (AvgIpc) is 2.75. The molecule has 1 N–H and O–H groups in total. The zero-order valence-electron chi connectivity index (χ0n) is 17.6. The quantitative estimate of drug-likeness (QED) is 0.584. The molecule has 7 heteroatoms. The summed E-state index contributed by atoms with van der Waals surface area (Å²) in [6, 6.07) is 14.2. The Balaban J connectivity index is 1.66. The van der Waals surface area contributed by atoms with E-state index in [-0.39, 0.29) is 30.7 Å². The summed E-state index contributed by atoms with van der Waals surface area (Å²) in [6.07, 6.45) is 0.940. The minimum absolute atomic E-state index is 0.0808. The van der Waals surface area contributed by atoms with E-state index in [9.17, 15) is 9.59 Å². The van der Waals surface area contributed by atoms with Crippen molar-refractivity contribution in [2.45, 2.75) is 39.8 Å². The van der Waals surface area contributed by atoms with Crippen LogP contribution in [0.5, 0.6) is 11.5 Å². The van der Waals surface area contributed by atoms with Gasteiger partial charge in [0.05, 0.1) is 24.1 Å². The first-order chi connectivity index (χ1) is 14.5. The van der Waals surface area contributed by atoms with Crippen molar-refractivity contribution in [3.63, 3.8) is 0 Å². The molecule has 0 saturated heterocycles. The smallest absolute Gasteiger partial charge is 0.261 e. The lowest BCUT2D eigenvalue weighted by Gasteiger charge is -2.26. The predicted molar refractivity (Wildman–Crippen MR) is 116 cm³/mol. The highest BCUT2D eigenvalue weighted by Crippen LogP contribution is 2.18. The lowest BCUT2D eigenvalue weighted by atomic mass is 10.2. The molecule has 0 atom stereocenters. The summed E-state index contributed by atoms with van der Waals surface area (Å²) in [5.74, 6) is 1.61. The van der Waals surface area contributed by atoms with E-state index in [0.717, 1.165) is 12.2 Å². The minimum Gasteiger partial charge on any atom is -0.494 e. The Morgan fingerprint density at radius 3 is 2.40 bits per heavy atom. The van der Waals surface area contributed by atoms with Gasteiger partial charge in [-0.3, -0.25) is 9.59 Å². The first-order valence-corrected chi connectivity index (χ1v) is 10.1. The number of hydrogen-bond donors (Lipinski definition) is 1. The maximum absolute atomic E-state index is 12.8. The summed E-state index contributed by atoms with van der Waals surface area (Å²) >= 11 is 0. The van der Waals surface area contributed by atoms with Gasteiger partial charge >= 0.3 is 0 Å². The maximum Gasteiger partial charge on any atom is 0.261 e. The fraction of sp³-hybridized carbons (Fsp3) is 0.348. The number of carbonyl (C=O) groups excluding carboxylic acids is 1. The maximum atomic E-state index is 12.8. The van der Waals surface area contributed by atoms with Crippen molar-refractivity contribution in [2.24, 2.45) is 0 Å². The van der Waals surface area contributed by atoms with Gasteiger partial charge in [0.25, 0.3) is 11.5 Å². The second-order valence-electron chi connectivity index (χ2n) is 7.25. The number of fused-ring (bicyclic) bond motifs is 1. The van der Waals surface area contributed by atoms with Crippen LogP contribution in [0.4, 0.5) is 0 Å². The Morgan fingerprint density at radius 1 is 1.07 bits per heavy atom. The highest BCUT2D eigenvalue weighted by Gasteiger charge is 2.19. The fourth-order valence-electron chi connectivity index (χ4n) is 3.01. The summed E-state index contributed by atoms with van der Waals surface area (Å²) in [5, 5.41) is 0.526. The van der Waals surface area contributed by atoms with Crippen molar-refractivity contribution in [1.29, 1.82) is 0 Å². The van der Waals surface area contributed by atoms with E-state index < -0.39 is 0 Å². The summed E-state index contributed by atoms with van der Waals surface area (Å²) in [7, 11) is 0. The number of carbonyl (C=O) groups is 1. The molecule has 2 aromatic carbocycles. The van der Waals surface area contributed by atoms with Gasteiger partial charge in [-0.05, 0) is 56.7 Å². The van der Waals surface area contributed by atoms with Crippen molar-refractivity contribution >= 4 is 16.8 Å². The molecule has 0 saturated carbocycles. The molecule has 0 spiro atoms. The summed E-state index contributed by atoms with van der Waals surface area (Å²) in [5.41, 5.74) is 0.391. The van der Waals surface area contributed by atoms with Gasteiger partial charge in [-0.25, -0.2) is 4.98 Å². The molecule has 7 nitrogen and oxygen atoms in total. The van der Waals surface area contributed by atoms with Crippen LogP contribution in [0.2, 0.25) is 0 Å². The van der Waals surface area contributed by atoms with E-state index in [2.05, 4.69) is 9.97 Å².